The van der Waals surface area contributed by atoms with E-state index in [1.165, 1.54) is 23.1 Å². The molecule has 1 atom stereocenters. The van der Waals surface area contributed by atoms with Gasteiger partial charge in [0, 0.05) is 35.1 Å². The van der Waals surface area contributed by atoms with Gasteiger partial charge in [-0.1, -0.05) is 11.8 Å². The first-order chi connectivity index (χ1) is 12.7. The zero-order valence-electron chi connectivity index (χ0n) is 13.5. The molecule has 2 heterocycles. The van der Waals surface area contributed by atoms with Crippen molar-refractivity contribution < 1.29 is 49.0 Å². The van der Waals surface area contributed by atoms with Crippen molar-refractivity contribution in [2.45, 2.75) is 47.8 Å². The first-order valence-electron chi connectivity index (χ1n) is 7.40. The number of hydrogen-bond acceptors (Lipinski definition) is 5. The molecule has 1 aromatic heterocycles. The van der Waals surface area contributed by atoms with Gasteiger partial charge < -0.3 is 4.74 Å². The van der Waals surface area contributed by atoms with Crippen LogP contribution in [0.2, 0.25) is 0 Å². The average molecular weight is 478 g/mol. The first-order valence-corrected chi connectivity index (χ1v) is 10.3. The second-order valence-electron chi connectivity index (χ2n) is 5.69. The molecule has 0 saturated carbocycles. The third-order valence-electron chi connectivity index (χ3n) is 3.59. The monoisotopic (exact) mass is 478 g/mol. The highest BCUT2D eigenvalue weighted by molar-refractivity contribution is 8.13. The van der Waals surface area contributed by atoms with E-state index in [9.17, 15) is 44.3 Å². The molecule has 1 aliphatic rings. The Labute approximate surface area is 165 Å². The summed E-state index contributed by atoms with van der Waals surface area (Å²) >= 11 is 3.28. The molecule has 0 radical (unpaired) electrons. The van der Waals surface area contributed by atoms with Gasteiger partial charge in [0.25, 0.3) is 0 Å². The Hall–Kier alpha value is -0.760. The van der Waals surface area contributed by atoms with Crippen LogP contribution in [-0.2, 0) is 4.79 Å². The number of rotatable bonds is 7. The third kappa shape index (κ3) is 4.69. The SMILES string of the molecule is O=C(CCC(F)(F)C(F)(F)C(F)(F)C(F)(F)F)SCC1CSc2cscc2O1. The summed E-state index contributed by atoms with van der Waals surface area (Å²) in [5.41, 5.74) is 0. The van der Waals surface area contributed by atoms with E-state index in [4.69, 9.17) is 4.74 Å². The van der Waals surface area contributed by atoms with E-state index in [1.54, 1.807) is 5.38 Å². The molecule has 0 N–H and O–H groups in total. The number of halogens is 9. The van der Waals surface area contributed by atoms with Crippen LogP contribution in [0.3, 0.4) is 0 Å². The summed E-state index contributed by atoms with van der Waals surface area (Å²) in [6, 6.07) is 0. The normalized spacial score (nSPS) is 18.5. The van der Waals surface area contributed by atoms with Crippen LogP contribution >= 0.6 is 34.9 Å². The van der Waals surface area contributed by atoms with Crippen molar-refractivity contribution >= 4 is 40.0 Å². The highest BCUT2D eigenvalue weighted by atomic mass is 32.2. The van der Waals surface area contributed by atoms with Gasteiger partial charge in [-0.05, 0) is 0 Å². The molecule has 0 saturated heterocycles. The highest BCUT2D eigenvalue weighted by Crippen LogP contribution is 2.54. The minimum Gasteiger partial charge on any atom is -0.487 e. The molecule has 0 aromatic carbocycles. The number of ether oxygens (including phenoxy) is 1. The number of alkyl halides is 9. The van der Waals surface area contributed by atoms with E-state index >= 15 is 0 Å². The van der Waals surface area contributed by atoms with Crippen LogP contribution < -0.4 is 4.74 Å². The quantitative estimate of drug-likeness (QED) is 0.442. The van der Waals surface area contributed by atoms with Crippen molar-refractivity contribution in [1.82, 2.24) is 0 Å². The van der Waals surface area contributed by atoms with Gasteiger partial charge in [0.2, 0.25) is 0 Å². The third-order valence-corrected chi connectivity index (χ3v) is 6.70. The molecule has 0 bridgehead atoms. The van der Waals surface area contributed by atoms with Gasteiger partial charge >= 0.3 is 23.9 Å². The fourth-order valence-electron chi connectivity index (χ4n) is 2.03. The minimum atomic E-state index is -6.94. The van der Waals surface area contributed by atoms with Crippen LogP contribution in [0.25, 0.3) is 0 Å². The Balaban J connectivity index is 1.87. The molecule has 0 fully saturated rings. The lowest BCUT2D eigenvalue weighted by Crippen LogP contribution is -2.60. The summed E-state index contributed by atoms with van der Waals surface area (Å²) < 4.78 is 120. The van der Waals surface area contributed by atoms with Crippen molar-refractivity contribution in [3.05, 3.63) is 10.8 Å². The van der Waals surface area contributed by atoms with Crippen molar-refractivity contribution in [2.24, 2.45) is 0 Å². The summed E-state index contributed by atoms with van der Waals surface area (Å²) in [5, 5.41) is 2.51. The van der Waals surface area contributed by atoms with E-state index in [2.05, 4.69) is 0 Å². The maximum Gasteiger partial charge on any atom is 0.460 e. The Morgan fingerprint density at radius 3 is 2.32 bits per heavy atom. The van der Waals surface area contributed by atoms with E-state index in [0.29, 0.717) is 23.3 Å². The average Bonchev–Trinajstić information content (AvgIpc) is 3.04. The fraction of sp³-hybridized carbons (Fsp3) is 0.643. The zero-order valence-corrected chi connectivity index (χ0v) is 16.0. The van der Waals surface area contributed by atoms with Crippen molar-refractivity contribution in [1.29, 1.82) is 0 Å². The number of carbonyl (C=O) groups is 1. The van der Waals surface area contributed by atoms with Crippen molar-refractivity contribution in [3.8, 4) is 5.75 Å². The maximum atomic E-state index is 13.4. The van der Waals surface area contributed by atoms with Crippen molar-refractivity contribution in [3.63, 3.8) is 0 Å². The van der Waals surface area contributed by atoms with Gasteiger partial charge in [-0.2, -0.15) is 39.5 Å². The number of thiophene rings is 1. The lowest BCUT2D eigenvalue weighted by Gasteiger charge is -2.33. The van der Waals surface area contributed by atoms with Gasteiger partial charge in [-0.15, -0.1) is 23.1 Å². The summed E-state index contributed by atoms with van der Waals surface area (Å²) in [6.45, 7) is 0. The van der Waals surface area contributed by atoms with Crippen LogP contribution in [0.1, 0.15) is 12.8 Å². The predicted octanol–water partition coefficient (Wildman–Crippen LogP) is 6.11. The number of hydrogen-bond donors (Lipinski definition) is 0. The molecule has 0 aliphatic carbocycles. The first kappa shape index (κ1) is 23.5. The Bertz CT molecular complexity index is 702. The molecule has 0 amide bonds. The summed E-state index contributed by atoms with van der Waals surface area (Å²) in [5.74, 6) is -18.4. The van der Waals surface area contributed by atoms with Crippen LogP contribution in [0.5, 0.6) is 5.75 Å². The molecular formula is C14H11F9O2S3. The van der Waals surface area contributed by atoms with Crippen LogP contribution in [0, 0.1) is 0 Å². The Kier molecular flexibility index (Phi) is 6.86. The molecule has 1 aliphatic heterocycles. The second-order valence-corrected chi connectivity index (χ2v) is 8.57. The molecule has 1 unspecified atom stereocenters. The van der Waals surface area contributed by atoms with Gasteiger partial charge in [0.15, 0.2) is 5.12 Å². The van der Waals surface area contributed by atoms with Crippen molar-refractivity contribution in [2.75, 3.05) is 11.5 Å². The smallest absolute Gasteiger partial charge is 0.460 e. The molecule has 0 spiro atoms. The minimum absolute atomic E-state index is 0.0121. The predicted molar refractivity (Wildman–Crippen MR) is 87.1 cm³/mol. The van der Waals surface area contributed by atoms with Gasteiger partial charge in [-0.3, -0.25) is 4.79 Å². The number of fused-ring (bicyclic) bond motifs is 1. The molecule has 14 heteroatoms. The Morgan fingerprint density at radius 1 is 1.07 bits per heavy atom. The van der Waals surface area contributed by atoms with Gasteiger partial charge in [-0.25, -0.2) is 0 Å². The molecule has 2 rings (SSSR count). The topological polar surface area (TPSA) is 26.3 Å². The summed E-state index contributed by atoms with van der Waals surface area (Å²) in [4.78, 5) is 12.5. The van der Waals surface area contributed by atoms with E-state index < -0.39 is 48.0 Å². The van der Waals surface area contributed by atoms with Gasteiger partial charge in [0.1, 0.15) is 11.9 Å². The standard InChI is InChI=1S/C14H11F9O2S3/c15-11(16,12(17,18)13(19,20)14(21,22)23)2-1-10(24)28-4-7-3-27-9-6-26-5-8(9)25-7/h5-7H,1-4H2. The number of carbonyl (C=O) groups excluding carboxylic acids is 1. The molecule has 28 heavy (non-hydrogen) atoms. The highest BCUT2D eigenvalue weighted by Gasteiger charge is 2.81. The molecule has 1 aromatic rings. The van der Waals surface area contributed by atoms with Crippen LogP contribution in [0.4, 0.5) is 39.5 Å². The lowest BCUT2D eigenvalue weighted by atomic mass is 10.00. The Morgan fingerprint density at radius 2 is 1.71 bits per heavy atom. The molecule has 160 valence electrons. The van der Waals surface area contributed by atoms with Crippen LogP contribution in [0.15, 0.2) is 15.7 Å². The largest absolute Gasteiger partial charge is 0.487 e. The van der Waals surface area contributed by atoms with E-state index in [-0.39, 0.29) is 5.75 Å². The molecular weight excluding hydrogens is 467 g/mol. The summed E-state index contributed by atoms with van der Waals surface area (Å²) in [7, 11) is 0. The summed E-state index contributed by atoms with van der Waals surface area (Å²) in [6.07, 6.45) is -10.8. The van der Waals surface area contributed by atoms with Crippen LogP contribution in [-0.4, -0.2) is 46.7 Å². The lowest BCUT2D eigenvalue weighted by molar-refractivity contribution is -0.396. The van der Waals surface area contributed by atoms with Gasteiger partial charge in [0.05, 0.1) is 4.90 Å². The molecule has 2 nitrogen and oxygen atoms in total. The van der Waals surface area contributed by atoms with E-state index in [1.807, 2.05) is 5.38 Å². The van der Waals surface area contributed by atoms with E-state index in [0.717, 1.165) is 4.90 Å². The fourth-order valence-corrected chi connectivity index (χ4v) is 4.91. The second kappa shape index (κ2) is 8.17. The number of thioether (sulfide) groups is 2. The maximum absolute atomic E-state index is 13.4. The zero-order chi connectivity index (χ0) is 21.4.